The molecule has 1 aromatic heterocycles. The molecule has 10 nitrogen and oxygen atoms in total. The molecule has 0 fully saturated rings. The van der Waals surface area contributed by atoms with E-state index in [4.69, 9.17) is 14.2 Å². The maximum Gasteiger partial charge on any atom is 0.335 e. The van der Waals surface area contributed by atoms with Crippen molar-refractivity contribution in [3.05, 3.63) is 123 Å². The first-order chi connectivity index (χ1) is 22.0. The summed E-state index contributed by atoms with van der Waals surface area (Å²) in [5.41, 5.74) is -2.23. The molecule has 0 aliphatic heterocycles. The first-order valence-corrected chi connectivity index (χ1v) is 13.3. The fourth-order valence-electron chi connectivity index (χ4n) is 4.32. The van der Waals surface area contributed by atoms with Crippen LogP contribution in [0.25, 0.3) is 11.4 Å². The van der Waals surface area contributed by atoms with Crippen molar-refractivity contribution in [3.8, 4) is 22.9 Å². The van der Waals surface area contributed by atoms with Gasteiger partial charge < -0.3 is 19.5 Å². The fourth-order valence-corrected chi connectivity index (χ4v) is 4.32. The van der Waals surface area contributed by atoms with Crippen LogP contribution in [0.1, 0.15) is 22.8 Å². The summed E-state index contributed by atoms with van der Waals surface area (Å²) in [6, 6.07) is 10.8. The molecule has 1 N–H and O–H groups in total. The lowest BCUT2D eigenvalue weighted by Crippen LogP contribution is -2.42. The van der Waals surface area contributed by atoms with E-state index in [1.165, 1.54) is 26.4 Å². The largest absolute Gasteiger partial charge is 0.493 e. The second-order valence-electron chi connectivity index (χ2n) is 9.33. The number of rotatable bonds is 11. The topological polar surface area (TPSA) is 113 Å². The third-order valence-electron chi connectivity index (χ3n) is 6.54. The highest BCUT2D eigenvalue weighted by Crippen LogP contribution is 2.39. The van der Waals surface area contributed by atoms with Gasteiger partial charge >= 0.3 is 5.69 Å². The molecule has 1 heterocycles. The minimum atomic E-state index is -2.10. The standard InChI is InChI=1S/C32H26F4N4O6/c1-5-25(21-15-27(44-3)28(45-4)16-24(21)37-2)46-26-11-8-19(14-23(26)34)38-30(41)22-17-39(13-12-29(35)36)32(43)40(31(22)42)20-9-6-18(33)7-10-20/h5-12,14-17H,2,13H2,1,3-4H3,(H,38,41)/b25-5+. The number of methoxy groups -OCH3 is 2. The van der Waals surface area contributed by atoms with Crippen LogP contribution >= 0.6 is 0 Å². The molecule has 14 heteroatoms. The highest BCUT2D eigenvalue weighted by Gasteiger charge is 2.21. The minimum Gasteiger partial charge on any atom is -0.493 e. The van der Waals surface area contributed by atoms with Gasteiger partial charge in [0, 0.05) is 35.7 Å². The predicted molar refractivity (Wildman–Crippen MR) is 164 cm³/mol. The van der Waals surface area contributed by atoms with Gasteiger partial charge in [0.05, 0.1) is 32.1 Å². The Hall–Kier alpha value is -5.92. The number of carbonyl (C=O) groups is 1. The van der Waals surface area contributed by atoms with Crippen LogP contribution in [0.4, 0.5) is 28.9 Å². The van der Waals surface area contributed by atoms with Crippen LogP contribution in [0, 0.1) is 11.6 Å². The van der Waals surface area contributed by atoms with E-state index in [-0.39, 0.29) is 22.9 Å². The van der Waals surface area contributed by atoms with E-state index in [2.05, 4.69) is 17.0 Å². The van der Waals surface area contributed by atoms with E-state index in [0.717, 1.165) is 36.5 Å². The molecule has 46 heavy (non-hydrogen) atoms. The molecule has 0 radical (unpaired) electrons. The average Bonchev–Trinajstić information content (AvgIpc) is 3.04. The van der Waals surface area contributed by atoms with Crippen LogP contribution in [-0.2, 0) is 6.54 Å². The number of aromatic nitrogens is 2. The number of allylic oxidation sites excluding steroid dienone is 2. The van der Waals surface area contributed by atoms with Crippen molar-refractivity contribution in [3.63, 3.8) is 0 Å². The van der Waals surface area contributed by atoms with E-state index in [0.29, 0.717) is 38.0 Å². The number of amides is 1. The summed E-state index contributed by atoms with van der Waals surface area (Å²) in [6.45, 7) is 4.52. The molecule has 0 aliphatic carbocycles. The van der Waals surface area contributed by atoms with Gasteiger partial charge in [-0.1, -0.05) is 0 Å². The SMILES string of the molecule is C=Nc1cc(OC)c(OC)cc1/C(=C\C)Oc1ccc(NC(=O)c2cn(CC=C(F)F)c(=O)n(-c3ccc(F)cc3)c2=O)cc1F. The van der Waals surface area contributed by atoms with Gasteiger partial charge in [-0.15, -0.1) is 0 Å². The number of carbonyl (C=O) groups excluding carboxylic acids is 1. The Balaban J connectivity index is 1.66. The van der Waals surface area contributed by atoms with E-state index < -0.39 is 47.0 Å². The van der Waals surface area contributed by atoms with Gasteiger partial charge in [-0.3, -0.25) is 19.1 Å². The number of halogens is 4. The van der Waals surface area contributed by atoms with Crippen LogP contribution in [0.5, 0.6) is 17.2 Å². The lowest BCUT2D eigenvalue weighted by molar-refractivity contribution is 0.102. The van der Waals surface area contributed by atoms with Crippen LogP contribution in [0.3, 0.4) is 0 Å². The number of benzene rings is 3. The maximum absolute atomic E-state index is 15.2. The molecule has 3 aromatic carbocycles. The zero-order valence-corrected chi connectivity index (χ0v) is 24.6. The van der Waals surface area contributed by atoms with Gasteiger partial charge in [0.1, 0.15) is 17.1 Å². The summed E-state index contributed by atoms with van der Waals surface area (Å²) in [7, 11) is 2.90. The molecule has 1 amide bonds. The van der Waals surface area contributed by atoms with Gasteiger partial charge in [0.25, 0.3) is 17.5 Å². The number of ether oxygens (including phenoxy) is 3. The Morgan fingerprint density at radius 2 is 1.63 bits per heavy atom. The van der Waals surface area contributed by atoms with Gasteiger partial charge in [0.2, 0.25) is 0 Å². The van der Waals surface area contributed by atoms with Crippen LogP contribution < -0.4 is 30.8 Å². The summed E-state index contributed by atoms with van der Waals surface area (Å²) < 4.78 is 72.0. The molecule has 0 aliphatic rings. The van der Waals surface area contributed by atoms with Crippen molar-refractivity contribution in [1.82, 2.24) is 9.13 Å². The lowest BCUT2D eigenvalue weighted by Gasteiger charge is -2.16. The molecular weight excluding hydrogens is 612 g/mol. The molecule has 4 aromatic rings. The third kappa shape index (κ3) is 7.07. The van der Waals surface area contributed by atoms with Gasteiger partial charge in [-0.05, 0) is 62.2 Å². The Kier molecular flexibility index (Phi) is 10.2. The Labute approximate surface area is 259 Å². The Bertz CT molecular complexity index is 1980. The minimum absolute atomic E-state index is 0.100. The molecule has 0 bridgehead atoms. The van der Waals surface area contributed by atoms with Crippen molar-refractivity contribution in [1.29, 1.82) is 0 Å². The van der Waals surface area contributed by atoms with Crippen LogP contribution in [-0.4, -0.2) is 36.0 Å². The first kappa shape index (κ1) is 33.0. The van der Waals surface area contributed by atoms with E-state index in [1.54, 1.807) is 25.1 Å². The number of nitrogens with zero attached hydrogens (tertiary/aromatic N) is 3. The van der Waals surface area contributed by atoms with Gasteiger partial charge in [-0.2, -0.15) is 8.78 Å². The normalized spacial score (nSPS) is 11.1. The Morgan fingerprint density at radius 1 is 0.957 bits per heavy atom. The number of hydrogen-bond acceptors (Lipinski definition) is 7. The predicted octanol–water partition coefficient (Wildman–Crippen LogP) is 6.10. The van der Waals surface area contributed by atoms with Crippen molar-refractivity contribution in [2.24, 2.45) is 4.99 Å². The molecule has 0 spiro atoms. The molecule has 4 rings (SSSR count). The van der Waals surface area contributed by atoms with Crippen molar-refractivity contribution < 1.29 is 36.6 Å². The zero-order chi connectivity index (χ0) is 33.5. The first-order valence-electron chi connectivity index (χ1n) is 13.3. The summed E-state index contributed by atoms with van der Waals surface area (Å²) in [6.07, 6.45) is 0.682. The molecule has 238 valence electrons. The smallest absolute Gasteiger partial charge is 0.335 e. The van der Waals surface area contributed by atoms with E-state index in [9.17, 15) is 27.6 Å². The fraction of sp³-hybridized carbons (Fsp3) is 0.125. The molecule has 0 saturated heterocycles. The number of anilines is 1. The highest BCUT2D eigenvalue weighted by molar-refractivity contribution is 6.03. The summed E-state index contributed by atoms with van der Waals surface area (Å²) in [5.74, 6) is -1.92. The molecular formula is C32H26F4N4O6. The quantitative estimate of drug-likeness (QED) is 0.121. The van der Waals surface area contributed by atoms with Crippen molar-refractivity contribution >= 4 is 29.8 Å². The number of aliphatic imine (C=N–C) groups is 1. The van der Waals surface area contributed by atoms with E-state index in [1.807, 2.05) is 0 Å². The second-order valence-corrected chi connectivity index (χ2v) is 9.33. The monoisotopic (exact) mass is 638 g/mol. The second kappa shape index (κ2) is 14.2. The molecule has 0 unspecified atom stereocenters. The summed E-state index contributed by atoms with van der Waals surface area (Å²) >= 11 is 0. The van der Waals surface area contributed by atoms with Crippen molar-refractivity contribution in [2.45, 2.75) is 13.5 Å². The number of nitrogens with one attached hydrogen (secondary N) is 1. The summed E-state index contributed by atoms with van der Waals surface area (Å²) in [4.78, 5) is 43.4. The maximum atomic E-state index is 15.2. The third-order valence-corrected chi connectivity index (χ3v) is 6.54. The van der Waals surface area contributed by atoms with Crippen molar-refractivity contribution in [2.75, 3.05) is 19.5 Å². The average molecular weight is 639 g/mol. The summed E-state index contributed by atoms with van der Waals surface area (Å²) in [5, 5.41) is 2.36. The Morgan fingerprint density at radius 3 is 2.22 bits per heavy atom. The zero-order valence-electron chi connectivity index (χ0n) is 24.6. The van der Waals surface area contributed by atoms with Crippen LogP contribution in [0.15, 0.2) is 93.6 Å². The lowest BCUT2D eigenvalue weighted by atomic mass is 10.1. The molecule has 0 saturated carbocycles. The van der Waals surface area contributed by atoms with E-state index >= 15 is 4.39 Å². The van der Waals surface area contributed by atoms with Gasteiger partial charge in [0.15, 0.2) is 23.1 Å². The van der Waals surface area contributed by atoms with Gasteiger partial charge in [-0.25, -0.2) is 18.1 Å². The molecule has 0 atom stereocenters. The number of hydrogen-bond donors (Lipinski definition) is 1. The highest BCUT2D eigenvalue weighted by atomic mass is 19.3. The van der Waals surface area contributed by atoms with Crippen LogP contribution in [0.2, 0.25) is 0 Å².